The highest BCUT2D eigenvalue weighted by molar-refractivity contribution is 5.62. The first-order valence-corrected chi connectivity index (χ1v) is 6.70. The molecule has 0 aliphatic heterocycles. The Morgan fingerprint density at radius 1 is 1.24 bits per heavy atom. The van der Waals surface area contributed by atoms with Crippen molar-refractivity contribution in [2.45, 2.75) is 26.6 Å². The summed E-state index contributed by atoms with van der Waals surface area (Å²) >= 11 is 0. The van der Waals surface area contributed by atoms with Crippen molar-refractivity contribution < 1.29 is 17.6 Å². The Kier molecular flexibility index (Phi) is 4.67. The molecule has 2 aromatic rings. The van der Waals surface area contributed by atoms with Gasteiger partial charge in [-0.25, -0.2) is 4.98 Å². The molecule has 0 aliphatic carbocycles. The van der Waals surface area contributed by atoms with Crippen LogP contribution in [0.4, 0.5) is 13.2 Å². The normalized spacial score (nSPS) is 12.1. The zero-order chi connectivity index (χ0) is 15.5. The highest BCUT2D eigenvalue weighted by Gasteiger charge is 2.34. The number of hydrogen-bond donors (Lipinski definition) is 1. The molecule has 1 aromatic carbocycles. The minimum absolute atomic E-state index is 0.00705. The lowest BCUT2D eigenvalue weighted by molar-refractivity contribution is -0.137. The van der Waals surface area contributed by atoms with Gasteiger partial charge in [-0.2, -0.15) is 13.2 Å². The molecule has 0 saturated heterocycles. The van der Waals surface area contributed by atoms with Crippen LogP contribution in [-0.2, 0) is 12.7 Å². The van der Waals surface area contributed by atoms with E-state index in [0.717, 1.165) is 12.6 Å². The van der Waals surface area contributed by atoms with Gasteiger partial charge >= 0.3 is 6.18 Å². The van der Waals surface area contributed by atoms with Crippen molar-refractivity contribution in [3.05, 3.63) is 41.9 Å². The van der Waals surface area contributed by atoms with Crippen LogP contribution in [0, 0.1) is 5.92 Å². The van der Waals surface area contributed by atoms with Gasteiger partial charge in [-0.1, -0.05) is 32.0 Å². The summed E-state index contributed by atoms with van der Waals surface area (Å²) in [6.07, 6.45) is -3.09. The molecule has 0 radical (unpaired) electrons. The molecule has 0 unspecified atom stereocenters. The van der Waals surface area contributed by atoms with Crippen LogP contribution in [0.2, 0.25) is 0 Å². The Hall–Kier alpha value is -1.82. The van der Waals surface area contributed by atoms with Crippen molar-refractivity contribution in [3.63, 3.8) is 0 Å². The maximum Gasteiger partial charge on any atom is 0.417 e. The number of oxazole rings is 1. The van der Waals surface area contributed by atoms with Crippen molar-refractivity contribution in [1.29, 1.82) is 0 Å². The number of alkyl halides is 3. The van der Waals surface area contributed by atoms with E-state index in [1.54, 1.807) is 6.07 Å². The van der Waals surface area contributed by atoms with Crippen molar-refractivity contribution in [1.82, 2.24) is 10.3 Å². The molecule has 6 heteroatoms. The Balaban J connectivity index is 2.18. The summed E-state index contributed by atoms with van der Waals surface area (Å²) < 4.78 is 44.3. The molecule has 0 fully saturated rings. The van der Waals surface area contributed by atoms with E-state index in [4.69, 9.17) is 4.42 Å². The van der Waals surface area contributed by atoms with Crippen molar-refractivity contribution in [3.8, 4) is 11.3 Å². The summed E-state index contributed by atoms with van der Waals surface area (Å²) in [5.41, 5.74) is -0.713. The number of hydrogen-bond acceptors (Lipinski definition) is 3. The molecule has 21 heavy (non-hydrogen) atoms. The summed E-state index contributed by atoms with van der Waals surface area (Å²) in [5, 5.41) is 3.13. The molecular formula is C15H17F3N2O. The fraction of sp³-hybridized carbons (Fsp3) is 0.400. The van der Waals surface area contributed by atoms with E-state index < -0.39 is 11.7 Å². The third-order valence-electron chi connectivity index (χ3n) is 2.88. The lowest BCUT2D eigenvalue weighted by Crippen LogP contribution is -2.19. The zero-order valence-corrected chi connectivity index (χ0v) is 11.9. The first-order valence-electron chi connectivity index (χ1n) is 6.70. The molecule has 1 N–H and O–H groups in total. The molecule has 114 valence electrons. The molecule has 0 atom stereocenters. The summed E-state index contributed by atoms with van der Waals surface area (Å²) in [4.78, 5) is 4.02. The predicted molar refractivity (Wildman–Crippen MR) is 73.5 cm³/mol. The van der Waals surface area contributed by atoms with Crippen LogP contribution in [0.5, 0.6) is 0 Å². The largest absolute Gasteiger partial charge is 0.439 e. The molecule has 0 aliphatic rings. The van der Waals surface area contributed by atoms with E-state index in [-0.39, 0.29) is 11.3 Å². The highest BCUT2D eigenvalue weighted by Crippen LogP contribution is 2.36. The van der Waals surface area contributed by atoms with Crippen molar-refractivity contribution in [2.24, 2.45) is 5.92 Å². The van der Waals surface area contributed by atoms with Crippen molar-refractivity contribution >= 4 is 0 Å². The molecule has 0 saturated carbocycles. The molecule has 0 amide bonds. The standard InChI is InChI=1S/C15H17F3N2O/c1-10(2)7-19-9-14-20-8-13(21-14)11-5-3-4-6-12(11)15(16,17)18/h3-6,8,10,19H,7,9H2,1-2H3. The average molecular weight is 298 g/mol. The third kappa shape index (κ3) is 4.07. The average Bonchev–Trinajstić information content (AvgIpc) is 2.86. The van der Waals surface area contributed by atoms with Gasteiger partial charge in [0.15, 0.2) is 5.76 Å². The van der Waals surface area contributed by atoms with E-state index in [1.807, 2.05) is 0 Å². The van der Waals surface area contributed by atoms with Crippen LogP contribution in [0.15, 0.2) is 34.9 Å². The topological polar surface area (TPSA) is 38.1 Å². The van der Waals surface area contributed by atoms with Crippen LogP contribution in [0.3, 0.4) is 0 Å². The number of benzene rings is 1. The second kappa shape index (κ2) is 6.30. The molecule has 0 spiro atoms. The fourth-order valence-electron chi connectivity index (χ4n) is 1.93. The monoisotopic (exact) mass is 298 g/mol. The minimum Gasteiger partial charge on any atom is -0.439 e. The first kappa shape index (κ1) is 15.6. The van der Waals surface area contributed by atoms with Crippen LogP contribution in [0.25, 0.3) is 11.3 Å². The summed E-state index contributed by atoms with van der Waals surface area (Å²) in [6.45, 7) is 5.31. The number of halogens is 3. The van der Waals surface area contributed by atoms with Gasteiger partial charge in [0.25, 0.3) is 0 Å². The Bertz CT molecular complexity index is 591. The zero-order valence-electron chi connectivity index (χ0n) is 11.9. The minimum atomic E-state index is -4.42. The van der Waals surface area contributed by atoms with Gasteiger partial charge in [-0.3, -0.25) is 0 Å². The molecule has 3 nitrogen and oxygen atoms in total. The summed E-state index contributed by atoms with van der Waals surface area (Å²) in [5.74, 6) is 0.984. The smallest absolute Gasteiger partial charge is 0.417 e. The maximum absolute atomic E-state index is 13.0. The van der Waals surface area contributed by atoms with Gasteiger partial charge in [0.2, 0.25) is 5.89 Å². The predicted octanol–water partition coefficient (Wildman–Crippen LogP) is 4.11. The fourth-order valence-corrected chi connectivity index (χ4v) is 1.93. The van der Waals surface area contributed by atoms with Crippen LogP contribution in [0.1, 0.15) is 25.3 Å². The second-order valence-corrected chi connectivity index (χ2v) is 5.19. The first-order chi connectivity index (χ1) is 9.88. The van der Waals surface area contributed by atoms with E-state index in [1.165, 1.54) is 18.3 Å². The second-order valence-electron chi connectivity index (χ2n) is 5.19. The molecule has 2 rings (SSSR count). The van der Waals surface area contributed by atoms with E-state index in [2.05, 4.69) is 24.1 Å². The van der Waals surface area contributed by atoms with Gasteiger partial charge in [0.05, 0.1) is 18.3 Å². The van der Waals surface area contributed by atoms with Crippen LogP contribution in [-0.4, -0.2) is 11.5 Å². The maximum atomic E-state index is 13.0. The SMILES string of the molecule is CC(C)CNCc1ncc(-c2ccccc2C(F)(F)F)o1. The number of nitrogens with one attached hydrogen (secondary N) is 1. The van der Waals surface area contributed by atoms with Crippen LogP contribution < -0.4 is 5.32 Å². The van der Waals surface area contributed by atoms with Crippen molar-refractivity contribution in [2.75, 3.05) is 6.54 Å². The highest BCUT2D eigenvalue weighted by atomic mass is 19.4. The quantitative estimate of drug-likeness (QED) is 0.903. The van der Waals surface area contributed by atoms with Gasteiger partial charge < -0.3 is 9.73 Å². The summed E-state index contributed by atoms with van der Waals surface area (Å²) in [7, 11) is 0. The van der Waals surface area contributed by atoms with Gasteiger partial charge in [-0.05, 0) is 18.5 Å². The summed E-state index contributed by atoms with van der Waals surface area (Å²) in [6, 6.07) is 5.32. The van der Waals surface area contributed by atoms with Gasteiger partial charge in [-0.15, -0.1) is 0 Å². The third-order valence-corrected chi connectivity index (χ3v) is 2.88. The Labute approximate surface area is 121 Å². The van der Waals surface area contributed by atoms with E-state index in [9.17, 15) is 13.2 Å². The number of nitrogens with zero attached hydrogens (tertiary/aromatic N) is 1. The number of rotatable bonds is 5. The van der Waals surface area contributed by atoms with Crippen LogP contribution >= 0.6 is 0 Å². The van der Waals surface area contributed by atoms with Gasteiger partial charge in [0.1, 0.15) is 0 Å². The molecular weight excluding hydrogens is 281 g/mol. The van der Waals surface area contributed by atoms with E-state index in [0.29, 0.717) is 18.4 Å². The molecule has 0 bridgehead atoms. The van der Waals surface area contributed by atoms with Gasteiger partial charge in [0, 0.05) is 5.56 Å². The lowest BCUT2D eigenvalue weighted by atomic mass is 10.1. The molecule has 1 aromatic heterocycles. The Morgan fingerprint density at radius 2 is 1.95 bits per heavy atom. The Morgan fingerprint density at radius 3 is 2.62 bits per heavy atom. The molecule has 1 heterocycles. The van der Waals surface area contributed by atoms with E-state index >= 15 is 0 Å². The number of aromatic nitrogens is 1. The lowest BCUT2D eigenvalue weighted by Gasteiger charge is -2.10.